The molecular formula is C13H16ClNOS. The number of halogens is 1. The lowest BCUT2D eigenvalue weighted by molar-refractivity contribution is 0.0277. The Morgan fingerprint density at radius 1 is 1.35 bits per heavy atom. The third kappa shape index (κ3) is 2.97. The van der Waals surface area contributed by atoms with E-state index in [4.69, 9.17) is 16.3 Å². The van der Waals surface area contributed by atoms with E-state index in [9.17, 15) is 0 Å². The number of benzene rings is 1. The van der Waals surface area contributed by atoms with Gasteiger partial charge in [0.1, 0.15) is 0 Å². The SMILES string of the molecule is Clc1cc(C2CNCCO2)ccc1SC1CC1. The molecule has 0 radical (unpaired) electrons. The third-order valence-corrected chi connectivity index (χ3v) is 4.91. The number of hydrogen-bond acceptors (Lipinski definition) is 3. The van der Waals surface area contributed by atoms with Crippen molar-refractivity contribution >= 4 is 23.4 Å². The maximum absolute atomic E-state index is 6.32. The van der Waals surface area contributed by atoms with Gasteiger partial charge in [-0.3, -0.25) is 0 Å². The zero-order chi connectivity index (χ0) is 11.7. The molecule has 2 aliphatic rings. The van der Waals surface area contributed by atoms with Crippen molar-refractivity contribution in [1.82, 2.24) is 5.32 Å². The summed E-state index contributed by atoms with van der Waals surface area (Å²) in [5.41, 5.74) is 1.18. The summed E-state index contributed by atoms with van der Waals surface area (Å²) in [7, 11) is 0. The summed E-state index contributed by atoms with van der Waals surface area (Å²) < 4.78 is 5.72. The fourth-order valence-corrected chi connectivity index (χ4v) is 3.33. The van der Waals surface area contributed by atoms with Crippen molar-refractivity contribution in [2.24, 2.45) is 0 Å². The second-order valence-corrected chi connectivity index (χ2v) is 6.32. The largest absolute Gasteiger partial charge is 0.371 e. The highest BCUT2D eigenvalue weighted by Gasteiger charge is 2.24. The average molecular weight is 270 g/mol. The molecule has 1 aromatic rings. The molecule has 4 heteroatoms. The number of thioether (sulfide) groups is 1. The summed E-state index contributed by atoms with van der Waals surface area (Å²) in [6, 6.07) is 6.34. The number of rotatable bonds is 3. The van der Waals surface area contributed by atoms with E-state index in [0.717, 1.165) is 30.0 Å². The first-order valence-corrected chi connectivity index (χ1v) is 7.37. The molecule has 0 spiro atoms. The lowest BCUT2D eigenvalue weighted by atomic mass is 10.1. The summed E-state index contributed by atoms with van der Waals surface area (Å²) in [6.45, 7) is 2.60. The van der Waals surface area contributed by atoms with E-state index < -0.39 is 0 Å². The first kappa shape index (κ1) is 11.8. The molecule has 3 rings (SSSR count). The Kier molecular flexibility index (Phi) is 3.61. The first-order valence-electron chi connectivity index (χ1n) is 6.11. The van der Waals surface area contributed by atoms with Gasteiger partial charge in [0.15, 0.2) is 0 Å². The normalized spacial score (nSPS) is 24.9. The zero-order valence-electron chi connectivity index (χ0n) is 9.62. The smallest absolute Gasteiger partial charge is 0.0950 e. The monoisotopic (exact) mass is 269 g/mol. The summed E-state index contributed by atoms with van der Waals surface area (Å²) >= 11 is 8.23. The molecule has 1 N–H and O–H groups in total. The molecular weight excluding hydrogens is 254 g/mol. The lowest BCUT2D eigenvalue weighted by Gasteiger charge is -2.24. The van der Waals surface area contributed by atoms with Crippen molar-refractivity contribution in [3.63, 3.8) is 0 Å². The molecule has 1 unspecified atom stereocenters. The van der Waals surface area contributed by atoms with Crippen LogP contribution in [0.5, 0.6) is 0 Å². The highest BCUT2D eigenvalue weighted by molar-refractivity contribution is 8.00. The Labute approximate surface area is 111 Å². The van der Waals surface area contributed by atoms with Gasteiger partial charge < -0.3 is 10.1 Å². The first-order chi connectivity index (χ1) is 8.33. The van der Waals surface area contributed by atoms with E-state index in [-0.39, 0.29) is 6.10 Å². The molecule has 1 aliphatic heterocycles. The number of nitrogens with one attached hydrogen (secondary N) is 1. The molecule has 2 fully saturated rings. The Hall–Kier alpha value is -0.220. The van der Waals surface area contributed by atoms with Crippen LogP contribution in [-0.4, -0.2) is 24.9 Å². The Bertz CT molecular complexity index is 402. The van der Waals surface area contributed by atoms with Gasteiger partial charge in [0.25, 0.3) is 0 Å². The van der Waals surface area contributed by atoms with E-state index in [1.807, 2.05) is 11.8 Å². The molecule has 1 saturated heterocycles. The van der Waals surface area contributed by atoms with Crippen LogP contribution in [0.3, 0.4) is 0 Å². The molecule has 1 saturated carbocycles. The Morgan fingerprint density at radius 3 is 2.88 bits per heavy atom. The van der Waals surface area contributed by atoms with Crippen LogP contribution in [-0.2, 0) is 4.74 Å². The van der Waals surface area contributed by atoms with Gasteiger partial charge in [-0.25, -0.2) is 0 Å². The topological polar surface area (TPSA) is 21.3 Å². The van der Waals surface area contributed by atoms with E-state index in [0.29, 0.717) is 0 Å². The number of morpholine rings is 1. The fraction of sp³-hybridized carbons (Fsp3) is 0.538. The van der Waals surface area contributed by atoms with Gasteiger partial charge in [0.05, 0.1) is 17.7 Å². The minimum atomic E-state index is 0.154. The molecule has 2 nitrogen and oxygen atoms in total. The van der Waals surface area contributed by atoms with Crippen molar-refractivity contribution in [3.05, 3.63) is 28.8 Å². The lowest BCUT2D eigenvalue weighted by Crippen LogP contribution is -2.33. The van der Waals surface area contributed by atoms with Gasteiger partial charge in [0.2, 0.25) is 0 Å². The molecule has 0 bridgehead atoms. The van der Waals surface area contributed by atoms with Gasteiger partial charge in [0, 0.05) is 23.2 Å². The van der Waals surface area contributed by atoms with Crippen LogP contribution in [0.4, 0.5) is 0 Å². The van der Waals surface area contributed by atoms with Crippen LogP contribution in [0.1, 0.15) is 24.5 Å². The van der Waals surface area contributed by atoms with Gasteiger partial charge in [-0.05, 0) is 30.5 Å². The molecule has 1 heterocycles. The molecule has 1 aromatic carbocycles. The van der Waals surface area contributed by atoms with Crippen LogP contribution in [0.2, 0.25) is 5.02 Å². The van der Waals surface area contributed by atoms with Crippen molar-refractivity contribution in [3.8, 4) is 0 Å². The Balaban J connectivity index is 1.74. The predicted molar refractivity (Wildman–Crippen MR) is 71.9 cm³/mol. The summed E-state index contributed by atoms with van der Waals surface area (Å²) in [5, 5.41) is 5.00. The number of ether oxygens (including phenoxy) is 1. The average Bonchev–Trinajstić information content (AvgIpc) is 3.17. The van der Waals surface area contributed by atoms with Gasteiger partial charge in [-0.2, -0.15) is 0 Å². The van der Waals surface area contributed by atoms with E-state index >= 15 is 0 Å². The summed E-state index contributed by atoms with van der Waals surface area (Å²) in [4.78, 5) is 1.21. The van der Waals surface area contributed by atoms with Gasteiger partial charge in [-0.15, -0.1) is 11.8 Å². The van der Waals surface area contributed by atoms with Crippen LogP contribution in [0, 0.1) is 0 Å². The second-order valence-electron chi connectivity index (χ2n) is 4.57. The molecule has 0 amide bonds. The summed E-state index contributed by atoms with van der Waals surface area (Å²) in [6.07, 6.45) is 2.82. The van der Waals surface area contributed by atoms with Gasteiger partial charge in [-0.1, -0.05) is 17.7 Å². The van der Waals surface area contributed by atoms with E-state index in [1.165, 1.54) is 23.3 Å². The highest BCUT2D eigenvalue weighted by Crippen LogP contribution is 2.42. The van der Waals surface area contributed by atoms with Crippen molar-refractivity contribution in [1.29, 1.82) is 0 Å². The maximum Gasteiger partial charge on any atom is 0.0950 e. The van der Waals surface area contributed by atoms with E-state index in [2.05, 4.69) is 23.5 Å². The highest BCUT2D eigenvalue weighted by atomic mass is 35.5. The minimum absolute atomic E-state index is 0.154. The number of hydrogen-bond donors (Lipinski definition) is 1. The standard InChI is InChI=1S/C13H16ClNOS/c14-11-7-9(12-8-15-5-6-16-12)1-4-13(11)17-10-2-3-10/h1,4,7,10,12,15H,2-3,5-6,8H2. The molecule has 17 heavy (non-hydrogen) atoms. The van der Waals surface area contributed by atoms with E-state index in [1.54, 1.807) is 0 Å². The Morgan fingerprint density at radius 2 is 2.24 bits per heavy atom. The minimum Gasteiger partial charge on any atom is -0.371 e. The third-order valence-electron chi connectivity index (χ3n) is 3.07. The van der Waals surface area contributed by atoms with Crippen LogP contribution < -0.4 is 5.32 Å². The maximum atomic E-state index is 6.32. The van der Waals surface area contributed by atoms with Gasteiger partial charge >= 0.3 is 0 Å². The predicted octanol–water partition coefficient (Wildman–Crippen LogP) is 3.26. The van der Waals surface area contributed by atoms with Crippen LogP contribution in [0.15, 0.2) is 23.1 Å². The van der Waals surface area contributed by atoms with Crippen LogP contribution in [0.25, 0.3) is 0 Å². The molecule has 1 atom stereocenters. The molecule has 92 valence electrons. The van der Waals surface area contributed by atoms with Crippen molar-refractivity contribution in [2.45, 2.75) is 29.1 Å². The second kappa shape index (κ2) is 5.19. The van der Waals surface area contributed by atoms with Crippen molar-refractivity contribution < 1.29 is 4.74 Å². The quantitative estimate of drug-likeness (QED) is 0.910. The zero-order valence-corrected chi connectivity index (χ0v) is 11.2. The van der Waals surface area contributed by atoms with Crippen LogP contribution >= 0.6 is 23.4 Å². The van der Waals surface area contributed by atoms with Crippen molar-refractivity contribution in [2.75, 3.05) is 19.7 Å². The summed E-state index contributed by atoms with van der Waals surface area (Å²) in [5.74, 6) is 0. The molecule has 1 aliphatic carbocycles. The molecule has 0 aromatic heterocycles. The fourth-order valence-electron chi connectivity index (χ4n) is 1.96.